The van der Waals surface area contributed by atoms with E-state index in [1.54, 1.807) is 0 Å². The molecule has 0 bridgehead atoms. The zero-order valence-electron chi connectivity index (χ0n) is 6.49. The average molecular weight is 185 g/mol. The van der Waals surface area contributed by atoms with Crippen LogP contribution in [0, 0.1) is 6.26 Å². The molecule has 0 aliphatic heterocycles. The molecule has 1 aromatic heterocycles. The lowest BCUT2D eigenvalue weighted by molar-refractivity contribution is -0.676. The van der Waals surface area contributed by atoms with Gasteiger partial charge in [-0.05, 0) is 6.26 Å². The Labute approximate surface area is 76.2 Å². The predicted octanol–water partition coefficient (Wildman–Crippen LogP) is 2.18. The molecule has 0 N–H and O–H groups in total. The van der Waals surface area contributed by atoms with Crippen molar-refractivity contribution >= 4 is 23.5 Å². The van der Waals surface area contributed by atoms with Crippen molar-refractivity contribution in [1.82, 2.24) is 0 Å². The van der Waals surface area contributed by atoms with Gasteiger partial charge >= 0.3 is 0 Å². The van der Waals surface area contributed by atoms with Crippen LogP contribution in [0.1, 0.15) is 0 Å². The van der Waals surface area contributed by atoms with Crippen LogP contribution in [0.5, 0.6) is 0 Å². The molecule has 0 fully saturated rings. The fourth-order valence-electron chi connectivity index (χ4n) is 0.775. The molecule has 1 rings (SSSR count). The molecule has 59 valence electrons. The minimum Gasteiger partial charge on any atom is -0.195 e. The topological polar surface area (TPSA) is 3.88 Å². The van der Waals surface area contributed by atoms with Crippen LogP contribution in [0.3, 0.4) is 0 Å². The molecule has 0 spiro atoms. The lowest BCUT2D eigenvalue weighted by Crippen LogP contribution is -2.30. The first-order valence-corrected chi connectivity index (χ1v) is 5.65. The highest BCUT2D eigenvalue weighted by molar-refractivity contribution is 8.00. The fraction of sp³-hybridized carbons (Fsp3) is 0.250. The molecule has 0 aromatic carbocycles. The summed E-state index contributed by atoms with van der Waals surface area (Å²) in [7, 11) is 0. The number of pyridine rings is 1. The summed E-state index contributed by atoms with van der Waals surface area (Å²) in [6.45, 7) is 0. The molecular formula is C8H11NS2+. The zero-order chi connectivity index (χ0) is 8.10. The first-order chi connectivity index (χ1) is 5.36. The maximum absolute atomic E-state index is 3.73. The molecule has 0 atom stereocenters. The molecule has 1 radical (unpaired) electrons. The molecule has 0 saturated carbocycles. The van der Waals surface area contributed by atoms with Crippen LogP contribution in [0.15, 0.2) is 29.4 Å². The van der Waals surface area contributed by atoms with Gasteiger partial charge in [0.25, 0.3) is 0 Å². The second-order valence-electron chi connectivity index (χ2n) is 2.11. The first-order valence-electron chi connectivity index (χ1n) is 3.27. The maximum Gasteiger partial charge on any atom is 0.194 e. The van der Waals surface area contributed by atoms with Crippen LogP contribution in [0.2, 0.25) is 0 Å². The van der Waals surface area contributed by atoms with E-state index < -0.39 is 0 Å². The molecule has 0 unspecified atom stereocenters. The van der Waals surface area contributed by atoms with E-state index in [2.05, 4.69) is 41.6 Å². The molecule has 11 heavy (non-hydrogen) atoms. The van der Waals surface area contributed by atoms with Crippen molar-refractivity contribution in [1.29, 1.82) is 0 Å². The van der Waals surface area contributed by atoms with Gasteiger partial charge in [0.05, 0.1) is 0 Å². The van der Waals surface area contributed by atoms with E-state index in [1.165, 1.54) is 16.7 Å². The normalized spacial score (nSPS) is 10.0. The Kier molecular flexibility index (Phi) is 3.80. The maximum atomic E-state index is 3.73. The van der Waals surface area contributed by atoms with Gasteiger partial charge in [0.2, 0.25) is 0 Å². The molecule has 3 heteroatoms. The van der Waals surface area contributed by atoms with E-state index >= 15 is 0 Å². The van der Waals surface area contributed by atoms with E-state index in [0.29, 0.717) is 0 Å². The van der Waals surface area contributed by atoms with Crippen LogP contribution in [0.4, 0.5) is 0 Å². The fourth-order valence-corrected chi connectivity index (χ4v) is 1.56. The van der Waals surface area contributed by atoms with Crippen molar-refractivity contribution in [2.75, 3.05) is 6.26 Å². The predicted molar refractivity (Wildman–Crippen MR) is 51.4 cm³/mol. The first kappa shape index (κ1) is 8.94. The average Bonchev–Trinajstić information content (AvgIpc) is 2.07. The Balaban J connectivity index is 2.66. The van der Waals surface area contributed by atoms with E-state index in [-0.39, 0.29) is 0 Å². The Morgan fingerprint density at radius 1 is 1.45 bits per heavy atom. The quantitative estimate of drug-likeness (QED) is 0.525. The molecule has 0 aliphatic rings. The minimum atomic E-state index is 1.02. The van der Waals surface area contributed by atoms with Crippen molar-refractivity contribution < 1.29 is 4.57 Å². The Hall–Kier alpha value is -0.150. The lowest BCUT2D eigenvalue weighted by atomic mass is 10.5. The minimum absolute atomic E-state index is 1.02. The van der Waals surface area contributed by atoms with Gasteiger partial charge in [-0.3, -0.25) is 0 Å². The second-order valence-corrected chi connectivity index (χ2v) is 3.71. The Morgan fingerprint density at radius 3 is 2.55 bits per heavy atom. The summed E-state index contributed by atoms with van der Waals surface area (Å²) < 4.78 is 2.14. The number of aromatic nitrogens is 1. The summed E-state index contributed by atoms with van der Waals surface area (Å²) in [5, 5.41) is 0. The Bertz CT molecular complexity index is 208. The van der Waals surface area contributed by atoms with Crippen LogP contribution < -0.4 is 4.57 Å². The van der Waals surface area contributed by atoms with Gasteiger partial charge in [0.15, 0.2) is 18.3 Å². The van der Waals surface area contributed by atoms with Gasteiger partial charge in [-0.15, -0.1) is 11.8 Å². The molecule has 1 aromatic rings. The Morgan fingerprint density at radius 2 is 2.09 bits per heavy atom. The standard InChI is InChI=1S/C8H11NS2/c1-10-7-9-5-3-8(11-2)4-6-9/h3-6H,2,7H2,1H3/q+1. The van der Waals surface area contributed by atoms with Crippen molar-refractivity contribution in [2.45, 2.75) is 10.8 Å². The largest absolute Gasteiger partial charge is 0.195 e. The zero-order valence-corrected chi connectivity index (χ0v) is 8.12. The van der Waals surface area contributed by atoms with Crippen molar-refractivity contribution in [3.05, 3.63) is 30.8 Å². The molecule has 1 nitrogen and oxygen atoms in total. The summed E-state index contributed by atoms with van der Waals surface area (Å²) in [6, 6.07) is 4.15. The number of hydrogen-bond donors (Lipinski definition) is 0. The van der Waals surface area contributed by atoms with E-state index in [0.717, 1.165) is 5.88 Å². The van der Waals surface area contributed by atoms with E-state index in [1.807, 2.05) is 11.8 Å². The van der Waals surface area contributed by atoms with Gasteiger partial charge < -0.3 is 0 Å². The second kappa shape index (κ2) is 4.67. The van der Waals surface area contributed by atoms with Crippen LogP contribution in [-0.2, 0) is 5.88 Å². The molecule has 1 heterocycles. The smallest absolute Gasteiger partial charge is 0.194 e. The number of nitrogens with zero attached hydrogens (tertiary/aromatic N) is 1. The lowest BCUT2D eigenvalue weighted by Gasteiger charge is -1.94. The summed E-state index contributed by atoms with van der Waals surface area (Å²) in [4.78, 5) is 1.21. The molecular weight excluding hydrogens is 174 g/mol. The highest BCUT2D eigenvalue weighted by Gasteiger charge is 1.96. The molecule has 0 saturated heterocycles. The summed E-state index contributed by atoms with van der Waals surface area (Å²) >= 11 is 3.33. The number of hydrogen-bond acceptors (Lipinski definition) is 2. The van der Waals surface area contributed by atoms with Crippen LogP contribution in [-0.4, -0.2) is 6.26 Å². The van der Waals surface area contributed by atoms with Crippen molar-refractivity contribution in [2.24, 2.45) is 0 Å². The number of thioether (sulfide) groups is 2. The van der Waals surface area contributed by atoms with Crippen molar-refractivity contribution in [3.63, 3.8) is 0 Å². The van der Waals surface area contributed by atoms with Crippen LogP contribution >= 0.6 is 23.5 Å². The van der Waals surface area contributed by atoms with Crippen molar-refractivity contribution in [3.8, 4) is 0 Å². The molecule has 0 amide bonds. The third-order valence-electron chi connectivity index (χ3n) is 1.31. The van der Waals surface area contributed by atoms with Gasteiger partial charge in [0.1, 0.15) is 0 Å². The number of rotatable bonds is 3. The summed E-state index contributed by atoms with van der Waals surface area (Å²) in [5.41, 5.74) is 0. The van der Waals surface area contributed by atoms with Gasteiger partial charge in [-0.1, -0.05) is 11.8 Å². The third-order valence-corrected chi connectivity index (χ3v) is 2.47. The summed E-state index contributed by atoms with van der Waals surface area (Å²) in [5.74, 6) is 1.02. The molecule has 0 aliphatic carbocycles. The van der Waals surface area contributed by atoms with E-state index in [9.17, 15) is 0 Å². The van der Waals surface area contributed by atoms with Gasteiger partial charge in [0, 0.05) is 23.3 Å². The van der Waals surface area contributed by atoms with E-state index in [4.69, 9.17) is 0 Å². The SMILES string of the molecule is [CH2]Sc1cc[n+](CSC)cc1. The highest BCUT2D eigenvalue weighted by atomic mass is 32.2. The monoisotopic (exact) mass is 185 g/mol. The summed E-state index contributed by atoms with van der Waals surface area (Å²) in [6.07, 6.45) is 9.97. The van der Waals surface area contributed by atoms with Gasteiger partial charge in [-0.2, -0.15) is 4.57 Å². The van der Waals surface area contributed by atoms with Crippen LogP contribution in [0.25, 0.3) is 0 Å². The highest BCUT2D eigenvalue weighted by Crippen LogP contribution is 2.12. The third kappa shape index (κ3) is 2.75. The van der Waals surface area contributed by atoms with Gasteiger partial charge in [-0.25, -0.2) is 0 Å².